The first kappa shape index (κ1) is 14.4. The molecule has 0 spiro atoms. The van der Waals surface area contributed by atoms with Crippen molar-refractivity contribution in [1.82, 2.24) is 19.9 Å². The van der Waals surface area contributed by atoms with Crippen molar-refractivity contribution < 1.29 is 4.79 Å². The van der Waals surface area contributed by atoms with Crippen molar-refractivity contribution in [3.8, 4) is 0 Å². The van der Waals surface area contributed by atoms with E-state index in [0.717, 1.165) is 38.5 Å². The minimum atomic E-state index is -0.362. The van der Waals surface area contributed by atoms with Gasteiger partial charge in [0.05, 0.1) is 0 Å². The molecular weight excluding hydrogens is 292 g/mol. The van der Waals surface area contributed by atoms with Crippen LogP contribution in [0.4, 0.5) is 0 Å². The Morgan fingerprint density at radius 3 is 2.78 bits per heavy atom. The minimum absolute atomic E-state index is 0.00181. The number of pyridine rings is 1. The van der Waals surface area contributed by atoms with Crippen LogP contribution >= 0.6 is 0 Å². The molecule has 1 amide bonds. The number of rotatable bonds is 4. The van der Waals surface area contributed by atoms with Crippen molar-refractivity contribution in [1.29, 1.82) is 0 Å². The predicted molar refractivity (Wildman–Crippen MR) is 86.4 cm³/mol. The van der Waals surface area contributed by atoms with Crippen LogP contribution in [0.1, 0.15) is 55.1 Å². The highest BCUT2D eigenvalue weighted by molar-refractivity contribution is 5.93. The third-order valence-electron chi connectivity index (χ3n) is 4.80. The van der Waals surface area contributed by atoms with E-state index in [2.05, 4.69) is 15.3 Å². The largest absolute Gasteiger partial charge is 0.350 e. The van der Waals surface area contributed by atoms with Gasteiger partial charge in [0.25, 0.3) is 11.5 Å². The van der Waals surface area contributed by atoms with Crippen LogP contribution < -0.4 is 10.9 Å². The Kier molecular flexibility index (Phi) is 3.59. The molecule has 4 rings (SSSR count). The van der Waals surface area contributed by atoms with Crippen LogP contribution in [-0.2, 0) is 0 Å². The van der Waals surface area contributed by atoms with Gasteiger partial charge in [0.15, 0.2) is 11.3 Å². The summed E-state index contributed by atoms with van der Waals surface area (Å²) in [5.74, 6) is 0.206. The van der Waals surface area contributed by atoms with Gasteiger partial charge in [-0.1, -0.05) is 12.8 Å². The number of hydrogen-bond donors (Lipinski definition) is 1. The maximum Gasteiger partial charge on any atom is 0.284 e. The summed E-state index contributed by atoms with van der Waals surface area (Å²) in [5, 5.41) is 2.85. The average molecular weight is 312 g/mol. The fourth-order valence-corrected chi connectivity index (χ4v) is 3.33. The highest BCUT2D eigenvalue weighted by Crippen LogP contribution is 2.30. The number of carbonyl (C=O) groups excluding carboxylic acids is 1. The standard InChI is InChI=1S/C17H20N4O2/c22-16(19-10-11-7-8-11)14-17(23)21(12-4-1-2-5-12)15-13(20-14)6-3-9-18-15/h3,6,9,11-12H,1-2,4-5,7-8,10H2,(H,19,22). The maximum atomic E-state index is 12.9. The van der Waals surface area contributed by atoms with Crippen molar-refractivity contribution in [3.63, 3.8) is 0 Å². The van der Waals surface area contributed by atoms with Gasteiger partial charge in [-0.15, -0.1) is 0 Å². The zero-order chi connectivity index (χ0) is 15.8. The lowest BCUT2D eigenvalue weighted by Crippen LogP contribution is -2.36. The Balaban J connectivity index is 1.79. The van der Waals surface area contributed by atoms with Crippen molar-refractivity contribution >= 4 is 17.1 Å². The Hall–Kier alpha value is -2.24. The molecule has 2 fully saturated rings. The fourth-order valence-electron chi connectivity index (χ4n) is 3.33. The van der Waals surface area contributed by atoms with Crippen LogP contribution in [-0.4, -0.2) is 27.0 Å². The zero-order valence-corrected chi connectivity index (χ0v) is 13.0. The van der Waals surface area contributed by atoms with E-state index < -0.39 is 0 Å². The van der Waals surface area contributed by atoms with Crippen molar-refractivity contribution in [2.45, 2.75) is 44.6 Å². The summed E-state index contributed by atoms with van der Waals surface area (Å²) in [5.41, 5.74) is 0.883. The monoisotopic (exact) mass is 312 g/mol. The van der Waals surface area contributed by atoms with Gasteiger partial charge < -0.3 is 5.32 Å². The van der Waals surface area contributed by atoms with E-state index in [9.17, 15) is 9.59 Å². The first-order valence-corrected chi connectivity index (χ1v) is 8.39. The SMILES string of the molecule is O=C(NCC1CC1)c1nc2cccnc2n(C2CCCC2)c1=O. The van der Waals surface area contributed by atoms with E-state index in [1.807, 2.05) is 6.07 Å². The van der Waals surface area contributed by atoms with Crippen molar-refractivity contribution in [3.05, 3.63) is 34.4 Å². The second kappa shape index (κ2) is 5.76. The van der Waals surface area contributed by atoms with Gasteiger partial charge in [-0.05, 0) is 43.7 Å². The molecule has 1 N–H and O–H groups in total. The number of nitrogens with one attached hydrogen (secondary N) is 1. The van der Waals surface area contributed by atoms with E-state index in [4.69, 9.17) is 0 Å². The molecule has 6 nitrogen and oxygen atoms in total. The number of fused-ring (bicyclic) bond motifs is 1. The van der Waals surface area contributed by atoms with Gasteiger partial charge in [0.2, 0.25) is 0 Å². The lowest BCUT2D eigenvalue weighted by atomic mass is 10.2. The third-order valence-corrected chi connectivity index (χ3v) is 4.80. The summed E-state index contributed by atoms with van der Waals surface area (Å²) >= 11 is 0. The van der Waals surface area contributed by atoms with Crippen LogP contribution in [0, 0.1) is 5.92 Å². The molecule has 0 bridgehead atoms. The van der Waals surface area contributed by atoms with Crippen LogP contribution in [0.2, 0.25) is 0 Å². The topological polar surface area (TPSA) is 76.9 Å². The lowest BCUT2D eigenvalue weighted by Gasteiger charge is -2.16. The lowest BCUT2D eigenvalue weighted by molar-refractivity contribution is 0.0944. The predicted octanol–water partition coefficient (Wildman–Crippen LogP) is 2.05. The van der Waals surface area contributed by atoms with Gasteiger partial charge >= 0.3 is 0 Å². The van der Waals surface area contributed by atoms with E-state index in [-0.39, 0.29) is 23.2 Å². The second-order valence-electron chi connectivity index (χ2n) is 6.57. The molecule has 23 heavy (non-hydrogen) atoms. The van der Waals surface area contributed by atoms with Gasteiger partial charge in [0, 0.05) is 18.8 Å². The molecule has 2 aromatic heterocycles. The molecule has 2 heterocycles. The Bertz CT molecular complexity index is 804. The van der Waals surface area contributed by atoms with E-state index in [1.54, 1.807) is 16.8 Å². The summed E-state index contributed by atoms with van der Waals surface area (Å²) in [6.07, 6.45) is 8.11. The molecule has 2 aliphatic carbocycles. The molecule has 6 heteroatoms. The van der Waals surface area contributed by atoms with Gasteiger partial charge in [0.1, 0.15) is 5.52 Å². The Morgan fingerprint density at radius 2 is 2.04 bits per heavy atom. The summed E-state index contributed by atoms with van der Waals surface area (Å²) < 4.78 is 1.70. The highest BCUT2D eigenvalue weighted by atomic mass is 16.2. The molecule has 0 aliphatic heterocycles. The normalized spacial score (nSPS) is 18.4. The first-order chi connectivity index (χ1) is 11.2. The number of carbonyl (C=O) groups is 1. The van der Waals surface area contributed by atoms with E-state index in [0.29, 0.717) is 23.6 Å². The highest BCUT2D eigenvalue weighted by Gasteiger charge is 2.26. The molecule has 0 saturated heterocycles. The van der Waals surface area contributed by atoms with Crippen LogP contribution in [0.5, 0.6) is 0 Å². The summed E-state index contributed by atoms with van der Waals surface area (Å²) in [4.78, 5) is 33.9. The average Bonchev–Trinajstić information content (AvgIpc) is 3.25. The van der Waals surface area contributed by atoms with E-state index in [1.165, 1.54) is 0 Å². The molecule has 0 atom stereocenters. The van der Waals surface area contributed by atoms with Crippen molar-refractivity contribution in [2.24, 2.45) is 5.92 Å². The maximum absolute atomic E-state index is 12.9. The van der Waals surface area contributed by atoms with Crippen molar-refractivity contribution in [2.75, 3.05) is 6.54 Å². The van der Waals surface area contributed by atoms with Gasteiger partial charge in [-0.3, -0.25) is 14.2 Å². The van der Waals surface area contributed by atoms with Crippen LogP contribution in [0.15, 0.2) is 23.1 Å². The fraction of sp³-hybridized carbons (Fsp3) is 0.529. The Morgan fingerprint density at radius 1 is 1.26 bits per heavy atom. The third kappa shape index (κ3) is 2.73. The van der Waals surface area contributed by atoms with Gasteiger partial charge in [-0.2, -0.15) is 0 Å². The summed E-state index contributed by atoms with van der Waals surface area (Å²) in [7, 11) is 0. The molecule has 2 aromatic rings. The van der Waals surface area contributed by atoms with Gasteiger partial charge in [-0.25, -0.2) is 9.97 Å². The minimum Gasteiger partial charge on any atom is -0.350 e. The molecular formula is C17H20N4O2. The molecule has 0 aromatic carbocycles. The number of amides is 1. The smallest absolute Gasteiger partial charge is 0.284 e. The number of nitrogens with zero attached hydrogens (tertiary/aromatic N) is 3. The van der Waals surface area contributed by atoms with Crippen LogP contribution in [0.25, 0.3) is 11.2 Å². The zero-order valence-electron chi connectivity index (χ0n) is 13.0. The molecule has 2 saturated carbocycles. The second-order valence-corrected chi connectivity index (χ2v) is 6.57. The van der Waals surface area contributed by atoms with Crippen LogP contribution in [0.3, 0.4) is 0 Å². The van der Waals surface area contributed by atoms with E-state index >= 15 is 0 Å². The Labute approximate surface area is 133 Å². The quantitative estimate of drug-likeness (QED) is 0.937. The molecule has 0 radical (unpaired) electrons. The number of aromatic nitrogens is 3. The molecule has 0 unspecified atom stereocenters. The number of hydrogen-bond acceptors (Lipinski definition) is 4. The first-order valence-electron chi connectivity index (χ1n) is 8.39. The molecule has 120 valence electrons. The summed E-state index contributed by atoms with van der Waals surface area (Å²) in [6, 6.07) is 3.72. The summed E-state index contributed by atoms with van der Waals surface area (Å²) in [6.45, 7) is 0.633. The molecule has 2 aliphatic rings.